The summed E-state index contributed by atoms with van der Waals surface area (Å²) in [5.74, 6) is -2.52. The Hall–Kier alpha value is -2.45. The van der Waals surface area contributed by atoms with Crippen LogP contribution in [0.2, 0.25) is 0 Å². The van der Waals surface area contributed by atoms with E-state index in [2.05, 4.69) is 5.32 Å². The van der Waals surface area contributed by atoms with Gasteiger partial charge in [0.05, 0.1) is 6.54 Å². The van der Waals surface area contributed by atoms with E-state index < -0.39 is 18.0 Å². The molecule has 0 radical (unpaired) electrons. The van der Waals surface area contributed by atoms with Gasteiger partial charge in [-0.15, -0.1) is 0 Å². The minimum atomic E-state index is -1.17. The summed E-state index contributed by atoms with van der Waals surface area (Å²) in [6.07, 6.45) is 16.4. The van der Waals surface area contributed by atoms with E-state index in [1.165, 1.54) is 56.9 Å². The van der Waals surface area contributed by atoms with Crippen molar-refractivity contribution in [3.8, 4) is 0 Å². The largest absolute Gasteiger partial charge is 0.481 e. The fraction of sp³-hybridized carbons (Fsp3) is 0.808. The smallest absolute Gasteiger partial charge is 0.326 e. The normalized spacial score (nSPS) is 11.6. The number of unbranched alkanes of at least 4 members (excludes halogenated alkanes) is 13. The highest BCUT2D eigenvalue weighted by molar-refractivity contribution is 5.84. The maximum atomic E-state index is 12.1. The van der Waals surface area contributed by atoms with E-state index in [4.69, 9.17) is 5.11 Å². The van der Waals surface area contributed by atoms with E-state index in [0.29, 0.717) is 12.7 Å². The number of hydrogen-bond acceptors (Lipinski definition) is 5. The molecule has 35 heavy (non-hydrogen) atoms. The van der Waals surface area contributed by atoms with Crippen molar-refractivity contribution in [1.29, 1.82) is 0 Å². The molecular formula is C26H46N2O7. The van der Waals surface area contributed by atoms with E-state index in [1.54, 1.807) is 0 Å². The molecular weight excluding hydrogens is 452 g/mol. The Labute approximate surface area is 210 Å². The fourth-order valence-corrected chi connectivity index (χ4v) is 3.88. The molecule has 0 fully saturated rings. The first-order valence-electron chi connectivity index (χ1n) is 13.2. The lowest BCUT2D eigenvalue weighted by molar-refractivity contribution is -0.142. The fourth-order valence-electron chi connectivity index (χ4n) is 3.88. The van der Waals surface area contributed by atoms with Gasteiger partial charge in [-0.25, -0.2) is 4.79 Å². The Morgan fingerprint density at radius 2 is 1.14 bits per heavy atom. The van der Waals surface area contributed by atoms with E-state index >= 15 is 0 Å². The molecule has 0 spiro atoms. The molecule has 0 saturated carbocycles. The molecule has 0 heterocycles. The predicted molar refractivity (Wildman–Crippen MR) is 134 cm³/mol. The molecule has 9 heteroatoms. The second-order valence-corrected chi connectivity index (χ2v) is 9.28. The first-order chi connectivity index (χ1) is 16.8. The first-order valence-corrected chi connectivity index (χ1v) is 13.2. The van der Waals surface area contributed by atoms with Gasteiger partial charge in [-0.05, 0) is 19.3 Å². The monoisotopic (exact) mass is 498 g/mol. The molecule has 2 amide bonds. The third kappa shape index (κ3) is 20.6. The quantitative estimate of drug-likeness (QED) is 0.133. The number of carbonyl (C=O) groups is 5. The molecule has 0 aromatic heterocycles. The van der Waals surface area contributed by atoms with Crippen LogP contribution in [0.25, 0.3) is 0 Å². The molecule has 0 bridgehead atoms. The van der Waals surface area contributed by atoms with Crippen LogP contribution in [0.15, 0.2) is 0 Å². The zero-order valence-corrected chi connectivity index (χ0v) is 21.5. The van der Waals surface area contributed by atoms with Crippen molar-refractivity contribution in [2.75, 3.05) is 13.6 Å². The van der Waals surface area contributed by atoms with Crippen molar-refractivity contribution >= 4 is 30.0 Å². The van der Waals surface area contributed by atoms with Crippen LogP contribution in [-0.4, -0.2) is 64.8 Å². The van der Waals surface area contributed by atoms with Gasteiger partial charge in [0.15, 0.2) is 0 Å². The van der Waals surface area contributed by atoms with Crippen molar-refractivity contribution in [2.45, 2.75) is 122 Å². The lowest BCUT2D eigenvalue weighted by atomic mass is 10.0. The lowest BCUT2D eigenvalue weighted by Crippen LogP contribution is -2.41. The summed E-state index contributed by atoms with van der Waals surface area (Å²) in [5.41, 5.74) is 0. The molecule has 202 valence electrons. The van der Waals surface area contributed by atoms with Crippen LogP contribution in [0.4, 0.5) is 0 Å². The summed E-state index contributed by atoms with van der Waals surface area (Å²) in [4.78, 5) is 57.4. The number of aliphatic carboxylic acids is 2. The summed E-state index contributed by atoms with van der Waals surface area (Å²) in [6.45, 7) is -0.0399. The molecule has 0 aromatic rings. The number of carbonyl (C=O) groups excluding carboxylic acids is 3. The summed E-state index contributed by atoms with van der Waals surface area (Å²) in [5, 5.41) is 20.4. The van der Waals surface area contributed by atoms with Gasteiger partial charge in [-0.2, -0.15) is 0 Å². The van der Waals surface area contributed by atoms with Crippen LogP contribution >= 0.6 is 0 Å². The van der Waals surface area contributed by atoms with Gasteiger partial charge in [-0.3, -0.25) is 14.4 Å². The minimum absolute atomic E-state index is 0.00407. The molecule has 0 aromatic carbocycles. The second-order valence-electron chi connectivity index (χ2n) is 9.28. The number of rotatable bonds is 24. The molecule has 3 N–H and O–H groups in total. The molecule has 9 nitrogen and oxygen atoms in total. The number of nitrogens with zero attached hydrogens (tertiary/aromatic N) is 1. The lowest BCUT2D eigenvalue weighted by Gasteiger charge is -2.17. The highest BCUT2D eigenvalue weighted by Crippen LogP contribution is 2.14. The standard InChI is InChI=1S/C26H46N2O7/c1-28(20-21-29)24(31)19-18-22(26(34)35)27-23(30)16-14-12-10-8-6-4-2-3-5-7-9-11-13-15-17-25(32)33/h21-22H,2-20H2,1H3,(H,27,30)(H,32,33)(H,34,35)/t22-/m0/s1. The third-order valence-electron chi connectivity index (χ3n) is 6.10. The first kappa shape index (κ1) is 32.5. The Morgan fingerprint density at radius 3 is 1.54 bits per heavy atom. The highest BCUT2D eigenvalue weighted by atomic mass is 16.4. The number of carboxylic acid groups (broad SMARTS) is 2. The van der Waals surface area contributed by atoms with Crippen LogP contribution in [-0.2, 0) is 24.0 Å². The summed E-state index contributed by atoms with van der Waals surface area (Å²) < 4.78 is 0. The second kappa shape index (κ2) is 22.0. The number of likely N-dealkylation sites (N-methyl/N-ethyl adjacent to an activating group) is 1. The van der Waals surface area contributed by atoms with E-state index in [1.807, 2.05) is 0 Å². The SMILES string of the molecule is CN(CC=O)C(=O)CC[C@H](NC(=O)CCCCCCCCCCCCCCCCC(=O)O)C(=O)O. The predicted octanol–water partition coefficient (Wildman–Crippen LogP) is 4.32. The Kier molecular flexibility index (Phi) is 20.5. The Morgan fingerprint density at radius 1 is 0.714 bits per heavy atom. The summed E-state index contributed by atoms with van der Waals surface area (Å²) >= 11 is 0. The van der Waals surface area contributed by atoms with E-state index in [9.17, 15) is 29.1 Å². The Balaban J connectivity index is 3.64. The van der Waals surface area contributed by atoms with Crippen LogP contribution in [0.5, 0.6) is 0 Å². The van der Waals surface area contributed by atoms with Crippen LogP contribution < -0.4 is 5.32 Å². The molecule has 0 unspecified atom stereocenters. The highest BCUT2D eigenvalue weighted by Gasteiger charge is 2.21. The average Bonchev–Trinajstić information content (AvgIpc) is 2.80. The number of amides is 2. The molecule has 0 aliphatic heterocycles. The van der Waals surface area contributed by atoms with Crippen LogP contribution in [0.3, 0.4) is 0 Å². The van der Waals surface area contributed by atoms with E-state index in [-0.39, 0.29) is 44.0 Å². The van der Waals surface area contributed by atoms with Gasteiger partial charge in [0.25, 0.3) is 0 Å². The zero-order valence-electron chi connectivity index (χ0n) is 21.5. The minimum Gasteiger partial charge on any atom is -0.481 e. The van der Waals surface area contributed by atoms with Crippen molar-refractivity contribution in [2.24, 2.45) is 0 Å². The van der Waals surface area contributed by atoms with Crippen molar-refractivity contribution in [1.82, 2.24) is 10.2 Å². The maximum Gasteiger partial charge on any atom is 0.326 e. The topological polar surface area (TPSA) is 141 Å². The molecule has 0 rings (SSSR count). The summed E-state index contributed by atoms with van der Waals surface area (Å²) in [6, 6.07) is -1.10. The van der Waals surface area contributed by atoms with Gasteiger partial charge in [-0.1, -0.05) is 77.0 Å². The number of nitrogens with one attached hydrogen (secondary N) is 1. The number of carboxylic acids is 2. The van der Waals surface area contributed by atoms with Crippen LogP contribution in [0.1, 0.15) is 116 Å². The van der Waals surface area contributed by atoms with Gasteiger partial charge < -0.3 is 25.2 Å². The van der Waals surface area contributed by atoms with Gasteiger partial charge in [0, 0.05) is 26.3 Å². The molecule has 1 atom stereocenters. The van der Waals surface area contributed by atoms with Gasteiger partial charge in [0.2, 0.25) is 11.8 Å². The van der Waals surface area contributed by atoms with Crippen molar-refractivity contribution in [3.63, 3.8) is 0 Å². The Bertz CT molecular complexity index is 625. The van der Waals surface area contributed by atoms with Crippen molar-refractivity contribution < 1.29 is 34.2 Å². The van der Waals surface area contributed by atoms with Crippen LogP contribution in [0, 0.1) is 0 Å². The van der Waals surface area contributed by atoms with Gasteiger partial charge >= 0.3 is 11.9 Å². The zero-order chi connectivity index (χ0) is 26.3. The third-order valence-corrected chi connectivity index (χ3v) is 6.10. The van der Waals surface area contributed by atoms with Crippen molar-refractivity contribution in [3.05, 3.63) is 0 Å². The number of hydrogen-bond donors (Lipinski definition) is 3. The van der Waals surface area contributed by atoms with Gasteiger partial charge in [0.1, 0.15) is 12.3 Å². The number of aldehydes is 1. The molecule has 0 aliphatic rings. The maximum absolute atomic E-state index is 12.1. The average molecular weight is 499 g/mol. The molecule has 0 saturated heterocycles. The summed E-state index contributed by atoms with van der Waals surface area (Å²) in [7, 11) is 1.47. The van der Waals surface area contributed by atoms with E-state index in [0.717, 1.165) is 38.5 Å². The molecule has 0 aliphatic carbocycles.